The first kappa shape index (κ1) is 16.9. The van der Waals surface area contributed by atoms with Crippen LogP contribution in [0.25, 0.3) is 0 Å². The van der Waals surface area contributed by atoms with E-state index in [-0.39, 0.29) is 11.7 Å². The Labute approximate surface area is 145 Å². The number of morpholine rings is 1. The molecule has 3 rings (SSSR count). The molecule has 1 aliphatic heterocycles. The van der Waals surface area contributed by atoms with Gasteiger partial charge in [-0.2, -0.15) is 5.26 Å². The highest BCUT2D eigenvalue weighted by atomic mass is 16.5. The van der Waals surface area contributed by atoms with E-state index >= 15 is 0 Å². The van der Waals surface area contributed by atoms with Gasteiger partial charge < -0.3 is 19.1 Å². The van der Waals surface area contributed by atoms with E-state index in [0.717, 1.165) is 12.4 Å². The van der Waals surface area contributed by atoms with Gasteiger partial charge in [0.25, 0.3) is 5.56 Å². The normalized spacial score (nSPS) is 17.2. The highest BCUT2D eigenvalue weighted by Crippen LogP contribution is 2.16. The quantitative estimate of drug-likeness (QED) is 0.795. The van der Waals surface area contributed by atoms with Crippen LogP contribution in [0.1, 0.15) is 5.56 Å². The minimum atomic E-state index is -0.133. The van der Waals surface area contributed by atoms with Crippen LogP contribution in [0.5, 0.6) is 0 Å². The smallest absolute Gasteiger partial charge is 0.293 e. The van der Waals surface area contributed by atoms with Crippen LogP contribution in [-0.2, 0) is 11.8 Å². The van der Waals surface area contributed by atoms with Crippen molar-refractivity contribution < 1.29 is 4.74 Å². The van der Waals surface area contributed by atoms with Gasteiger partial charge in [-0.1, -0.05) is 0 Å². The summed E-state index contributed by atoms with van der Waals surface area (Å²) in [4.78, 5) is 24.6. The highest BCUT2D eigenvalue weighted by Gasteiger charge is 2.24. The molecule has 0 N–H and O–H groups in total. The lowest BCUT2D eigenvalue weighted by Crippen LogP contribution is -2.48. The fourth-order valence-corrected chi connectivity index (χ4v) is 2.82. The van der Waals surface area contributed by atoms with E-state index in [9.17, 15) is 4.79 Å². The van der Waals surface area contributed by atoms with Gasteiger partial charge in [-0.15, -0.1) is 0 Å². The topological polar surface area (TPSA) is 87.3 Å². The van der Waals surface area contributed by atoms with Gasteiger partial charge in [0, 0.05) is 52.3 Å². The van der Waals surface area contributed by atoms with Crippen molar-refractivity contribution in [1.29, 1.82) is 5.26 Å². The number of rotatable bonds is 4. The average molecular weight is 340 g/mol. The number of ether oxygens (including phenoxy) is 1. The summed E-state index contributed by atoms with van der Waals surface area (Å²) in [6, 6.07) is 5.68. The predicted octanol–water partition coefficient (Wildman–Crippen LogP) is 0.389. The number of aryl methyl sites for hydroxylation is 1. The summed E-state index contributed by atoms with van der Waals surface area (Å²) in [6.07, 6.45) is 4.75. The Kier molecular flexibility index (Phi) is 4.95. The van der Waals surface area contributed by atoms with E-state index in [0.29, 0.717) is 31.1 Å². The van der Waals surface area contributed by atoms with Gasteiger partial charge in [-0.25, -0.2) is 9.97 Å². The molecule has 3 heterocycles. The van der Waals surface area contributed by atoms with Crippen molar-refractivity contribution in [2.45, 2.75) is 6.10 Å². The first-order valence-electron chi connectivity index (χ1n) is 8.04. The van der Waals surface area contributed by atoms with E-state index in [1.807, 2.05) is 18.0 Å². The second-order valence-electron chi connectivity index (χ2n) is 6.00. The summed E-state index contributed by atoms with van der Waals surface area (Å²) < 4.78 is 7.34. The first-order valence-corrected chi connectivity index (χ1v) is 8.04. The van der Waals surface area contributed by atoms with Crippen LogP contribution in [-0.4, -0.2) is 53.9 Å². The van der Waals surface area contributed by atoms with E-state index in [2.05, 4.69) is 20.9 Å². The van der Waals surface area contributed by atoms with Gasteiger partial charge in [0.2, 0.25) is 0 Å². The molecule has 1 atom stereocenters. The molecular weight excluding hydrogens is 320 g/mol. The highest BCUT2D eigenvalue weighted by molar-refractivity contribution is 5.42. The molecule has 8 heteroatoms. The number of anilines is 2. The van der Waals surface area contributed by atoms with Gasteiger partial charge in [0.1, 0.15) is 11.9 Å². The standard InChI is InChI=1S/C17H20N6O2/c1-21-6-5-19-16(17(21)24)22(2)11-14-12-23(7-8-25-14)15-4-3-13(9-18)10-20-15/h3-6,10,14H,7-8,11-12H2,1-2H3/t14-/m0/s1. The monoisotopic (exact) mass is 340 g/mol. The SMILES string of the molecule is CN(C[C@H]1CN(c2ccc(C#N)cn2)CCO1)c1nccn(C)c1=O. The lowest BCUT2D eigenvalue weighted by molar-refractivity contribution is 0.0455. The van der Waals surface area contributed by atoms with Crippen LogP contribution in [0.3, 0.4) is 0 Å². The number of nitrogens with zero attached hydrogens (tertiary/aromatic N) is 6. The molecule has 2 aromatic heterocycles. The molecule has 1 fully saturated rings. The van der Waals surface area contributed by atoms with Crippen LogP contribution >= 0.6 is 0 Å². The number of pyridine rings is 1. The van der Waals surface area contributed by atoms with Gasteiger partial charge in [0.15, 0.2) is 5.82 Å². The number of likely N-dealkylation sites (N-methyl/N-ethyl adjacent to an activating group) is 1. The number of hydrogen-bond donors (Lipinski definition) is 0. The van der Waals surface area contributed by atoms with E-state index in [1.54, 1.807) is 31.7 Å². The van der Waals surface area contributed by atoms with Crippen molar-refractivity contribution in [3.8, 4) is 6.07 Å². The Morgan fingerprint density at radius 3 is 3.00 bits per heavy atom. The van der Waals surface area contributed by atoms with Crippen molar-refractivity contribution in [2.24, 2.45) is 7.05 Å². The van der Waals surface area contributed by atoms with Crippen molar-refractivity contribution in [2.75, 3.05) is 43.1 Å². The molecule has 8 nitrogen and oxygen atoms in total. The Morgan fingerprint density at radius 1 is 1.44 bits per heavy atom. The van der Waals surface area contributed by atoms with E-state index < -0.39 is 0 Å². The van der Waals surface area contributed by atoms with Crippen molar-refractivity contribution in [1.82, 2.24) is 14.5 Å². The molecule has 25 heavy (non-hydrogen) atoms. The molecule has 0 radical (unpaired) electrons. The van der Waals surface area contributed by atoms with Gasteiger partial charge in [-0.05, 0) is 12.1 Å². The molecule has 0 saturated carbocycles. The summed E-state index contributed by atoms with van der Waals surface area (Å²) in [5.41, 5.74) is 0.408. The van der Waals surface area contributed by atoms with E-state index in [1.165, 1.54) is 4.57 Å². The minimum Gasteiger partial charge on any atom is -0.373 e. The second-order valence-corrected chi connectivity index (χ2v) is 6.00. The Morgan fingerprint density at radius 2 is 2.28 bits per heavy atom. The molecular formula is C17H20N6O2. The fourth-order valence-electron chi connectivity index (χ4n) is 2.82. The molecule has 0 spiro atoms. The van der Waals surface area contributed by atoms with E-state index in [4.69, 9.17) is 10.00 Å². The summed E-state index contributed by atoms with van der Waals surface area (Å²) in [5.74, 6) is 1.23. The molecule has 0 amide bonds. The first-order chi connectivity index (χ1) is 12.1. The lowest BCUT2D eigenvalue weighted by Gasteiger charge is -2.35. The molecule has 0 bridgehead atoms. The second kappa shape index (κ2) is 7.32. The summed E-state index contributed by atoms with van der Waals surface area (Å²) in [6.45, 7) is 2.54. The van der Waals surface area contributed by atoms with Crippen LogP contribution in [0, 0.1) is 11.3 Å². The molecule has 0 aromatic carbocycles. The maximum Gasteiger partial charge on any atom is 0.293 e. The van der Waals surface area contributed by atoms with Gasteiger partial charge >= 0.3 is 0 Å². The van der Waals surface area contributed by atoms with Gasteiger partial charge in [-0.3, -0.25) is 4.79 Å². The maximum absolute atomic E-state index is 12.2. The molecule has 130 valence electrons. The van der Waals surface area contributed by atoms with Crippen LogP contribution < -0.4 is 15.4 Å². The van der Waals surface area contributed by atoms with Crippen molar-refractivity contribution in [3.63, 3.8) is 0 Å². The largest absolute Gasteiger partial charge is 0.373 e. The van der Waals surface area contributed by atoms with Crippen molar-refractivity contribution >= 4 is 11.6 Å². The zero-order chi connectivity index (χ0) is 17.8. The number of nitriles is 1. The molecule has 0 unspecified atom stereocenters. The summed E-state index contributed by atoms with van der Waals surface area (Å²) in [7, 11) is 3.54. The zero-order valence-corrected chi connectivity index (χ0v) is 14.3. The fraction of sp³-hybridized carbons (Fsp3) is 0.412. The van der Waals surface area contributed by atoms with Crippen LogP contribution in [0.15, 0.2) is 35.5 Å². The summed E-state index contributed by atoms with van der Waals surface area (Å²) >= 11 is 0. The van der Waals surface area contributed by atoms with Crippen LogP contribution in [0.2, 0.25) is 0 Å². The summed E-state index contributed by atoms with van der Waals surface area (Å²) in [5, 5.41) is 8.87. The zero-order valence-electron chi connectivity index (χ0n) is 14.3. The van der Waals surface area contributed by atoms with Gasteiger partial charge in [0.05, 0.1) is 18.3 Å². The predicted molar refractivity (Wildman–Crippen MR) is 93.7 cm³/mol. The minimum absolute atomic E-state index is 0.0668. The van der Waals surface area contributed by atoms with Crippen LogP contribution in [0.4, 0.5) is 11.6 Å². The third kappa shape index (κ3) is 3.78. The third-order valence-corrected chi connectivity index (χ3v) is 4.18. The number of aromatic nitrogens is 3. The maximum atomic E-state index is 12.2. The lowest BCUT2D eigenvalue weighted by atomic mass is 10.2. The molecule has 1 saturated heterocycles. The third-order valence-electron chi connectivity index (χ3n) is 4.18. The van der Waals surface area contributed by atoms with Crippen molar-refractivity contribution in [3.05, 3.63) is 46.6 Å². The number of hydrogen-bond acceptors (Lipinski definition) is 7. The Balaban J connectivity index is 1.68. The molecule has 2 aromatic rings. The molecule has 1 aliphatic rings. The molecule has 0 aliphatic carbocycles. The Hall–Kier alpha value is -2.92. The average Bonchev–Trinajstić information content (AvgIpc) is 2.64. The Bertz CT molecular complexity index is 826.